The summed E-state index contributed by atoms with van der Waals surface area (Å²) in [5, 5.41) is 0. The van der Waals surface area contributed by atoms with Crippen LogP contribution in [0.5, 0.6) is 0 Å². The van der Waals surface area contributed by atoms with E-state index < -0.39 is 0 Å². The van der Waals surface area contributed by atoms with E-state index in [2.05, 4.69) is 19.9 Å². The Kier molecular flexibility index (Phi) is 4.46. The largest absolute Gasteiger partial charge is 0.375 e. The first-order valence-corrected chi connectivity index (χ1v) is 5.23. The molecule has 0 amide bonds. The fourth-order valence-corrected chi connectivity index (χ4v) is 1.81. The Morgan fingerprint density at radius 1 is 1.54 bits per heavy atom. The molecule has 1 aliphatic heterocycles. The zero-order chi connectivity index (χ0) is 9.68. The van der Waals surface area contributed by atoms with Gasteiger partial charge in [0.15, 0.2) is 0 Å². The summed E-state index contributed by atoms with van der Waals surface area (Å²) in [6, 6.07) is 0. The molecule has 0 bridgehead atoms. The van der Waals surface area contributed by atoms with Gasteiger partial charge in [0.05, 0.1) is 12.2 Å². The number of rotatable bonds is 4. The summed E-state index contributed by atoms with van der Waals surface area (Å²) in [6.45, 7) is 5.07. The molecular formula is C11H21NO. The molecule has 2 N–H and O–H groups in total. The lowest BCUT2D eigenvalue weighted by Gasteiger charge is -2.10. The summed E-state index contributed by atoms with van der Waals surface area (Å²) in [4.78, 5) is 0. The fraction of sp³-hybridized carbons (Fsp3) is 0.818. The van der Waals surface area contributed by atoms with Gasteiger partial charge in [-0.3, -0.25) is 0 Å². The molecule has 0 aromatic heterocycles. The second-order valence-corrected chi connectivity index (χ2v) is 3.98. The molecular weight excluding hydrogens is 162 g/mol. The maximum Gasteiger partial charge on any atom is 0.0616 e. The van der Waals surface area contributed by atoms with Crippen molar-refractivity contribution >= 4 is 0 Å². The summed E-state index contributed by atoms with van der Waals surface area (Å²) in [6.07, 6.45) is 7.67. The highest BCUT2D eigenvalue weighted by Crippen LogP contribution is 2.24. The molecule has 13 heavy (non-hydrogen) atoms. The summed E-state index contributed by atoms with van der Waals surface area (Å²) in [5.41, 5.74) is 6.85. The number of hydrogen-bond acceptors (Lipinski definition) is 2. The van der Waals surface area contributed by atoms with Crippen molar-refractivity contribution in [3.8, 4) is 0 Å². The molecule has 1 heterocycles. The molecule has 0 spiro atoms. The van der Waals surface area contributed by atoms with Crippen LogP contribution in [0, 0.1) is 0 Å². The van der Waals surface area contributed by atoms with E-state index in [1.807, 2.05) is 0 Å². The van der Waals surface area contributed by atoms with E-state index in [1.165, 1.54) is 18.4 Å². The van der Waals surface area contributed by atoms with E-state index >= 15 is 0 Å². The minimum atomic E-state index is 0.462. The van der Waals surface area contributed by atoms with Gasteiger partial charge in [-0.1, -0.05) is 11.6 Å². The topological polar surface area (TPSA) is 35.2 Å². The molecule has 0 radical (unpaired) electrons. The van der Waals surface area contributed by atoms with Crippen LogP contribution < -0.4 is 5.73 Å². The second kappa shape index (κ2) is 5.40. The Balaban J connectivity index is 2.24. The van der Waals surface area contributed by atoms with Crippen molar-refractivity contribution in [3.63, 3.8) is 0 Å². The lowest BCUT2D eigenvalue weighted by atomic mass is 10.1. The highest BCUT2D eigenvalue weighted by atomic mass is 16.5. The third kappa shape index (κ3) is 3.92. The Labute approximate surface area is 81.1 Å². The highest BCUT2D eigenvalue weighted by molar-refractivity contribution is 5.00. The van der Waals surface area contributed by atoms with Crippen LogP contribution in [-0.4, -0.2) is 18.8 Å². The van der Waals surface area contributed by atoms with Crippen LogP contribution in [0.1, 0.15) is 39.5 Å². The first-order valence-electron chi connectivity index (χ1n) is 5.23. The average molecular weight is 183 g/mol. The maximum absolute atomic E-state index is 5.74. The van der Waals surface area contributed by atoms with Gasteiger partial charge in [-0.05, 0) is 46.1 Å². The van der Waals surface area contributed by atoms with E-state index in [9.17, 15) is 0 Å². The SMILES string of the molecule is CC(=CCCN)CC1CCC(C)O1. The van der Waals surface area contributed by atoms with Crippen LogP contribution in [0.25, 0.3) is 0 Å². The number of hydrogen-bond donors (Lipinski definition) is 1. The zero-order valence-electron chi connectivity index (χ0n) is 8.75. The van der Waals surface area contributed by atoms with Crippen molar-refractivity contribution in [2.75, 3.05) is 6.54 Å². The van der Waals surface area contributed by atoms with Crippen molar-refractivity contribution in [2.45, 2.75) is 51.7 Å². The summed E-state index contributed by atoms with van der Waals surface area (Å²) >= 11 is 0. The van der Waals surface area contributed by atoms with Gasteiger partial charge in [0.25, 0.3) is 0 Å². The smallest absolute Gasteiger partial charge is 0.0616 e. The standard InChI is InChI=1S/C11H21NO/c1-9(4-3-7-12)8-11-6-5-10(2)13-11/h4,10-11H,3,5-8,12H2,1-2H3. The van der Waals surface area contributed by atoms with Crippen LogP contribution in [0.15, 0.2) is 11.6 Å². The van der Waals surface area contributed by atoms with Gasteiger partial charge in [0.1, 0.15) is 0 Å². The predicted octanol–water partition coefficient (Wildman–Crippen LogP) is 2.24. The van der Waals surface area contributed by atoms with Gasteiger partial charge in [0.2, 0.25) is 0 Å². The molecule has 2 atom stereocenters. The number of nitrogens with two attached hydrogens (primary N) is 1. The van der Waals surface area contributed by atoms with Crippen LogP contribution in [0.4, 0.5) is 0 Å². The molecule has 0 aliphatic carbocycles. The summed E-state index contributed by atoms with van der Waals surface area (Å²) in [7, 11) is 0. The van der Waals surface area contributed by atoms with Crippen molar-refractivity contribution in [1.82, 2.24) is 0 Å². The Morgan fingerprint density at radius 3 is 2.85 bits per heavy atom. The predicted molar refractivity (Wildman–Crippen MR) is 55.6 cm³/mol. The third-order valence-electron chi connectivity index (χ3n) is 2.53. The minimum Gasteiger partial charge on any atom is -0.375 e. The fourth-order valence-electron chi connectivity index (χ4n) is 1.81. The molecule has 1 aliphatic rings. The molecule has 0 saturated carbocycles. The second-order valence-electron chi connectivity index (χ2n) is 3.98. The monoisotopic (exact) mass is 183 g/mol. The van der Waals surface area contributed by atoms with E-state index in [-0.39, 0.29) is 0 Å². The third-order valence-corrected chi connectivity index (χ3v) is 2.53. The summed E-state index contributed by atoms with van der Waals surface area (Å²) < 4.78 is 5.74. The molecule has 2 unspecified atom stereocenters. The van der Waals surface area contributed by atoms with Gasteiger partial charge in [-0.15, -0.1) is 0 Å². The first-order chi connectivity index (χ1) is 6.22. The summed E-state index contributed by atoms with van der Waals surface area (Å²) in [5.74, 6) is 0. The molecule has 76 valence electrons. The average Bonchev–Trinajstić information content (AvgIpc) is 2.48. The van der Waals surface area contributed by atoms with Gasteiger partial charge >= 0.3 is 0 Å². The molecule has 2 nitrogen and oxygen atoms in total. The lowest BCUT2D eigenvalue weighted by molar-refractivity contribution is 0.0564. The van der Waals surface area contributed by atoms with E-state index in [0.29, 0.717) is 12.2 Å². The Bertz CT molecular complexity index is 177. The van der Waals surface area contributed by atoms with E-state index in [4.69, 9.17) is 10.5 Å². The lowest BCUT2D eigenvalue weighted by Crippen LogP contribution is -2.08. The van der Waals surface area contributed by atoms with Crippen LogP contribution in [-0.2, 0) is 4.74 Å². The molecule has 1 fully saturated rings. The first kappa shape index (κ1) is 10.7. The van der Waals surface area contributed by atoms with E-state index in [1.54, 1.807) is 0 Å². The van der Waals surface area contributed by atoms with Gasteiger partial charge < -0.3 is 10.5 Å². The highest BCUT2D eigenvalue weighted by Gasteiger charge is 2.21. The van der Waals surface area contributed by atoms with Crippen LogP contribution in [0.2, 0.25) is 0 Å². The molecule has 1 rings (SSSR count). The Hall–Kier alpha value is -0.340. The maximum atomic E-state index is 5.74. The molecule has 2 heteroatoms. The zero-order valence-corrected chi connectivity index (χ0v) is 8.75. The van der Waals surface area contributed by atoms with Gasteiger partial charge in [-0.2, -0.15) is 0 Å². The molecule has 1 saturated heterocycles. The Morgan fingerprint density at radius 2 is 2.31 bits per heavy atom. The van der Waals surface area contributed by atoms with Crippen molar-refractivity contribution in [2.24, 2.45) is 5.73 Å². The van der Waals surface area contributed by atoms with Crippen LogP contribution >= 0.6 is 0 Å². The van der Waals surface area contributed by atoms with Crippen molar-refractivity contribution in [1.29, 1.82) is 0 Å². The van der Waals surface area contributed by atoms with E-state index in [0.717, 1.165) is 19.4 Å². The minimum absolute atomic E-state index is 0.462. The normalized spacial score (nSPS) is 29.6. The molecule has 0 aromatic carbocycles. The van der Waals surface area contributed by atoms with Gasteiger partial charge in [-0.25, -0.2) is 0 Å². The quantitative estimate of drug-likeness (QED) is 0.678. The number of ether oxygens (including phenoxy) is 1. The molecule has 0 aromatic rings. The van der Waals surface area contributed by atoms with Crippen molar-refractivity contribution in [3.05, 3.63) is 11.6 Å². The van der Waals surface area contributed by atoms with Crippen molar-refractivity contribution < 1.29 is 4.74 Å². The van der Waals surface area contributed by atoms with Gasteiger partial charge in [0, 0.05) is 0 Å². The van der Waals surface area contributed by atoms with Crippen LogP contribution in [0.3, 0.4) is 0 Å².